The molecule has 0 spiro atoms. The maximum Gasteiger partial charge on any atom is 0.182 e. The van der Waals surface area contributed by atoms with Crippen LogP contribution < -0.4 is 10.5 Å². The highest BCUT2D eigenvalue weighted by molar-refractivity contribution is 5.67. The van der Waals surface area contributed by atoms with Crippen molar-refractivity contribution in [2.45, 2.75) is 20.8 Å². The summed E-state index contributed by atoms with van der Waals surface area (Å²) in [4.78, 5) is 4.52. The Kier molecular flexibility index (Phi) is 3.71. The summed E-state index contributed by atoms with van der Waals surface area (Å²) in [5.74, 6) is 1.83. The second-order valence-corrected chi connectivity index (χ2v) is 5.90. The number of fused-ring (bicyclic) bond motifs is 1. The lowest BCUT2D eigenvalue weighted by Gasteiger charge is -2.11. The first-order valence-corrected chi connectivity index (χ1v) is 7.38. The zero-order valence-corrected chi connectivity index (χ0v) is 13.1. The molecule has 0 saturated carbocycles. The molecule has 0 aliphatic carbocycles. The summed E-state index contributed by atoms with van der Waals surface area (Å²) in [6, 6.07) is 9.65. The van der Waals surface area contributed by atoms with Gasteiger partial charge in [-0.3, -0.25) is 0 Å². The average Bonchev–Trinajstić information content (AvgIpc) is 2.88. The van der Waals surface area contributed by atoms with Crippen LogP contribution in [-0.2, 0) is 0 Å². The lowest BCUT2D eigenvalue weighted by atomic mass is 10.2. The van der Waals surface area contributed by atoms with Crippen LogP contribution in [0.2, 0.25) is 0 Å². The van der Waals surface area contributed by atoms with E-state index in [0.29, 0.717) is 29.8 Å². The molecule has 2 heterocycles. The molecule has 5 nitrogen and oxygen atoms in total. The molecule has 2 N–H and O–H groups in total. The lowest BCUT2D eigenvalue weighted by Crippen LogP contribution is -2.06. The highest BCUT2D eigenvalue weighted by Crippen LogP contribution is 2.27. The number of hydrogen-bond acceptors (Lipinski definition) is 4. The molecule has 0 radical (unpaired) electrons. The molecule has 0 unspecified atom stereocenters. The Balaban J connectivity index is 1.91. The molecule has 0 aliphatic heterocycles. The molecule has 0 fully saturated rings. The number of rotatable bonds is 4. The predicted octanol–water partition coefficient (Wildman–Crippen LogP) is 3.32. The van der Waals surface area contributed by atoms with Crippen molar-refractivity contribution < 1.29 is 4.74 Å². The van der Waals surface area contributed by atoms with E-state index >= 15 is 0 Å². The van der Waals surface area contributed by atoms with Gasteiger partial charge in [-0.05, 0) is 42.7 Å². The predicted molar refractivity (Wildman–Crippen MR) is 87.9 cm³/mol. The number of ether oxygens (including phenoxy) is 1. The minimum Gasteiger partial charge on any atom is -0.491 e. The van der Waals surface area contributed by atoms with Crippen LogP contribution in [-0.4, -0.2) is 21.2 Å². The maximum absolute atomic E-state index is 6.08. The minimum atomic E-state index is 0.461. The first kappa shape index (κ1) is 14.4. The summed E-state index contributed by atoms with van der Waals surface area (Å²) in [5.41, 5.74) is 9.52. The van der Waals surface area contributed by atoms with Crippen LogP contribution in [0.15, 0.2) is 36.5 Å². The Morgan fingerprint density at radius 1 is 1.23 bits per heavy atom. The quantitative estimate of drug-likeness (QED) is 0.750. The monoisotopic (exact) mass is 296 g/mol. The molecule has 114 valence electrons. The SMILES string of the molecule is Cc1ccc2nc(-c3ccc(OCC(C)C)c(N)c3)nn2c1. The molecule has 5 heteroatoms. The fraction of sp³-hybridized carbons (Fsp3) is 0.294. The first-order valence-electron chi connectivity index (χ1n) is 7.38. The van der Waals surface area contributed by atoms with Gasteiger partial charge in [0.05, 0.1) is 12.3 Å². The molecule has 0 aliphatic rings. The Bertz CT molecular complexity index is 808. The summed E-state index contributed by atoms with van der Waals surface area (Å²) in [6.45, 7) is 6.88. The summed E-state index contributed by atoms with van der Waals surface area (Å²) >= 11 is 0. The van der Waals surface area contributed by atoms with Gasteiger partial charge in [-0.1, -0.05) is 19.9 Å². The zero-order valence-electron chi connectivity index (χ0n) is 13.1. The van der Waals surface area contributed by atoms with E-state index < -0.39 is 0 Å². The number of hydrogen-bond donors (Lipinski definition) is 1. The highest BCUT2D eigenvalue weighted by Gasteiger charge is 2.09. The molecule has 2 aromatic heterocycles. The van der Waals surface area contributed by atoms with Crippen molar-refractivity contribution in [1.29, 1.82) is 0 Å². The molecule has 0 saturated heterocycles. The fourth-order valence-corrected chi connectivity index (χ4v) is 2.18. The fourth-order valence-electron chi connectivity index (χ4n) is 2.18. The van der Waals surface area contributed by atoms with Crippen LogP contribution >= 0.6 is 0 Å². The standard InChI is InChI=1S/C17H20N4O/c1-11(2)10-22-15-6-5-13(8-14(15)18)17-19-16-7-4-12(3)9-21(16)20-17/h4-9,11H,10,18H2,1-3H3. The second kappa shape index (κ2) is 5.67. The van der Waals surface area contributed by atoms with Crippen molar-refractivity contribution in [3.8, 4) is 17.1 Å². The molecule has 0 amide bonds. The maximum atomic E-state index is 6.08. The van der Waals surface area contributed by atoms with Crippen LogP contribution in [0.4, 0.5) is 5.69 Å². The van der Waals surface area contributed by atoms with Gasteiger partial charge in [0.25, 0.3) is 0 Å². The van der Waals surface area contributed by atoms with Gasteiger partial charge in [0.2, 0.25) is 0 Å². The summed E-state index contributed by atoms with van der Waals surface area (Å²) < 4.78 is 7.47. The van der Waals surface area contributed by atoms with Gasteiger partial charge >= 0.3 is 0 Å². The summed E-state index contributed by atoms with van der Waals surface area (Å²) in [5, 5.41) is 4.50. The van der Waals surface area contributed by atoms with Crippen LogP contribution in [0.5, 0.6) is 5.75 Å². The largest absolute Gasteiger partial charge is 0.491 e. The third-order valence-electron chi connectivity index (χ3n) is 3.32. The van der Waals surface area contributed by atoms with Gasteiger partial charge in [0.1, 0.15) is 5.75 Å². The summed E-state index contributed by atoms with van der Waals surface area (Å²) in [7, 11) is 0. The molecule has 3 aromatic rings. The molecule has 3 rings (SSSR count). The van der Waals surface area contributed by atoms with E-state index in [2.05, 4.69) is 23.9 Å². The normalized spacial score (nSPS) is 11.3. The smallest absolute Gasteiger partial charge is 0.182 e. The van der Waals surface area contributed by atoms with Crippen LogP contribution in [0.25, 0.3) is 17.0 Å². The van der Waals surface area contributed by atoms with E-state index in [4.69, 9.17) is 10.5 Å². The number of pyridine rings is 1. The van der Waals surface area contributed by atoms with Gasteiger partial charge in [0.15, 0.2) is 11.5 Å². The van der Waals surface area contributed by atoms with Crippen LogP contribution in [0.1, 0.15) is 19.4 Å². The molecular formula is C17H20N4O. The number of nitrogens with two attached hydrogens (primary N) is 1. The van der Waals surface area contributed by atoms with Gasteiger partial charge in [-0.15, -0.1) is 5.10 Å². The Morgan fingerprint density at radius 2 is 2.05 bits per heavy atom. The highest BCUT2D eigenvalue weighted by atomic mass is 16.5. The Labute approximate surface area is 129 Å². The number of nitrogen functional groups attached to an aromatic ring is 1. The Hall–Kier alpha value is -2.56. The topological polar surface area (TPSA) is 65.4 Å². The van der Waals surface area contributed by atoms with E-state index in [1.165, 1.54) is 0 Å². The average molecular weight is 296 g/mol. The van der Waals surface area contributed by atoms with Gasteiger partial charge in [-0.2, -0.15) is 0 Å². The van der Waals surface area contributed by atoms with E-state index in [9.17, 15) is 0 Å². The van der Waals surface area contributed by atoms with Gasteiger partial charge in [-0.25, -0.2) is 9.50 Å². The number of aromatic nitrogens is 3. The number of nitrogens with zero attached hydrogens (tertiary/aromatic N) is 3. The minimum absolute atomic E-state index is 0.461. The molecule has 22 heavy (non-hydrogen) atoms. The molecule has 0 bridgehead atoms. The molecule has 0 atom stereocenters. The van der Waals surface area contributed by atoms with E-state index in [1.54, 1.807) is 4.52 Å². The van der Waals surface area contributed by atoms with Crippen molar-refractivity contribution in [3.63, 3.8) is 0 Å². The molecular weight excluding hydrogens is 276 g/mol. The third kappa shape index (κ3) is 2.88. The van der Waals surface area contributed by atoms with E-state index in [-0.39, 0.29) is 0 Å². The Morgan fingerprint density at radius 3 is 2.77 bits per heavy atom. The number of aryl methyl sites for hydroxylation is 1. The lowest BCUT2D eigenvalue weighted by molar-refractivity contribution is 0.272. The van der Waals surface area contributed by atoms with Crippen LogP contribution in [0, 0.1) is 12.8 Å². The van der Waals surface area contributed by atoms with Crippen LogP contribution in [0.3, 0.4) is 0 Å². The van der Waals surface area contributed by atoms with E-state index in [1.807, 2.05) is 43.5 Å². The van der Waals surface area contributed by atoms with E-state index in [0.717, 1.165) is 16.8 Å². The van der Waals surface area contributed by atoms with Crippen molar-refractivity contribution >= 4 is 11.3 Å². The van der Waals surface area contributed by atoms with Gasteiger partial charge in [0, 0.05) is 11.8 Å². The van der Waals surface area contributed by atoms with Crippen molar-refractivity contribution in [2.75, 3.05) is 12.3 Å². The molecule has 1 aromatic carbocycles. The van der Waals surface area contributed by atoms with Crippen molar-refractivity contribution in [1.82, 2.24) is 14.6 Å². The van der Waals surface area contributed by atoms with Crippen molar-refractivity contribution in [3.05, 3.63) is 42.1 Å². The number of benzene rings is 1. The third-order valence-corrected chi connectivity index (χ3v) is 3.32. The second-order valence-electron chi connectivity index (χ2n) is 5.90. The first-order chi connectivity index (χ1) is 10.5. The van der Waals surface area contributed by atoms with Crippen molar-refractivity contribution in [2.24, 2.45) is 5.92 Å². The summed E-state index contributed by atoms with van der Waals surface area (Å²) in [6.07, 6.45) is 1.95. The zero-order chi connectivity index (χ0) is 15.7. The number of anilines is 1. The van der Waals surface area contributed by atoms with Gasteiger partial charge < -0.3 is 10.5 Å².